The van der Waals surface area contributed by atoms with E-state index in [1.807, 2.05) is 29.2 Å². The number of nitro groups is 1. The zero-order valence-corrected chi connectivity index (χ0v) is 18.3. The summed E-state index contributed by atoms with van der Waals surface area (Å²) in [4.78, 5) is 27.3. The summed E-state index contributed by atoms with van der Waals surface area (Å²) in [5, 5.41) is 20.3. The lowest BCUT2D eigenvalue weighted by Gasteiger charge is -2.35. The molecule has 1 aromatic heterocycles. The third-order valence-corrected chi connectivity index (χ3v) is 5.82. The van der Waals surface area contributed by atoms with E-state index in [1.165, 1.54) is 23.8 Å². The summed E-state index contributed by atoms with van der Waals surface area (Å²) in [5.74, 6) is 0.343. The van der Waals surface area contributed by atoms with Crippen molar-refractivity contribution in [3.8, 4) is 11.3 Å². The molecular weight excluding hydrogens is 430 g/mol. The van der Waals surface area contributed by atoms with Gasteiger partial charge in [-0.3, -0.25) is 14.9 Å². The molecule has 0 saturated carbocycles. The molecule has 4 rings (SSSR count). The average molecular weight is 452 g/mol. The maximum atomic E-state index is 12.9. The van der Waals surface area contributed by atoms with Crippen LogP contribution in [-0.4, -0.2) is 52.1 Å². The van der Waals surface area contributed by atoms with Gasteiger partial charge in [0.15, 0.2) is 5.82 Å². The predicted molar refractivity (Wildman–Crippen MR) is 123 cm³/mol. The van der Waals surface area contributed by atoms with Gasteiger partial charge < -0.3 is 9.80 Å². The van der Waals surface area contributed by atoms with Crippen LogP contribution in [0.2, 0.25) is 5.02 Å². The van der Waals surface area contributed by atoms with Crippen molar-refractivity contribution in [1.29, 1.82) is 0 Å². The Morgan fingerprint density at radius 2 is 1.75 bits per heavy atom. The number of piperazine rings is 1. The molecule has 1 aliphatic rings. The van der Waals surface area contributed by atoms with Gasteiger partial charge in [-0.15, -0.1) is 10.2 Å². The molecule has 0 N–H and O–H groups in total. The Morgan fingerprint density at radius 1 is 1.03 bits per heavy atom. The highest BCUT2D eigenvalue weighted by Crippen LogP contribution is 2.25. The zero-order chi connectivity index (χ0) is 22.7. The first-order valence-electron chi connectivity index (χ1n) is 10.4. The van der Waals surface area contributed by atoms with Gasteiger partial charge in [0.1, 0.15) is 5.56 Å². The molecule has 1 fully saturated rings. The lowest BCUT2D eigenvalue weighted by Crippen LogP contribution is -2.49. The molecule has 3 aromatic rings. The van der Waals surface area contributed by atoms with Crippen LogP contribution in [0.5, 0.6) is 0 Å². The molecule has 164 valence electrons. The third kappa shape index (κ3) is 4.55. The summed E-state index contributed by atoms with van der Waals surface area (Å²) < 4.78 is 0. The Labute approximate surface area is 190 Å². The van der Waals surface area contributed by atoms with Gasteiger partial charge in [-0.25, -0.2) is 0 Å². The molecule has 0 atom stereocenters. The molecule has 0 unspecified atom stereocenters. The molecule has 9 heteroatoms. The van der Waals surface area contributed by atoms with E-state index in [0.29, 0.717) is 26.2 Å². The van der Waals surface area contributed by atoms with Gasteiger partial charge in [0.05, 0.1) is 10.6 Å². The number of hydrogen-bond acceptors (Lipinski definition) is 6. The Bertz CT molecular complexity index is 1130. The number of anilines is 1. The van der Waals surface area contributed by atoms with Crippen LogP contribution in [0.4, 0.5) is 11.5 Å². The standard InChI is InChI=1S/C23H22ClN5O3/c1-2-16-3-5-17(6-4-16)20-8-10-22(26-25-20)27-11-13-28(14-12-27)23(30)19-15-18(24)7-9-21(19)29(31)32/h3-10,15H,2,11-14H2,1H3. The van der Waals surface area contributed by atoms with E-state index in [2.05, 4.69) is 29.3 Å². The Morgan fingerprint density at radius 3 is 2.34 bits per heavy atom. The van der Waals surface area contributed by atoms with Crippen LogP contribution in [0.1, 0.15) is 22.8 Å². The molecule has 1 saturated heterocycles. The number of hydrogen-bond donors (Lipinski definition) is 0. The van der Waals surface area contributed by atoms with E-state index in [-0.39, 0.29) is 16.3 Å². The minimum atomic E-state index is -0.563. The van der Waals surface area contributed by atoms with Crippen molar-refractivity contribution in [2.75, 3.05) is 31.1 Å². The Hall–Kier alpha value is -3.52. The summed E-state index contributed by atoms with van der Waals surface area (Å²) >= 11 is 5.96. The molecular formula is C23H22ClN5O3. The van der Waals surface area contributed by atoms with E-state index >= 15 is 0 Å². The number of benzene rings is 2. The number of amides is 1. The second-order valence-electron chi connectivity index (χ2n) is 7.53. The molecule has 32 heavy (non-hydrogen) atoms. The fraction of sp³-hybridized carbons (Fsp3) is 0.261. The first-order valence-corrected chi connectivity index (χ1v) is 10.7. The smallest absolute Gasteiger partial charge is 0.282 e. The van der Waals surface area contributed by atoms with Crippen LogP contribution in [0.25, 0.3) is 11.3 Å². The third-order valence-electron chi connectivity index (χ3n) is 5.58. The molecule has 0 bridgehead atoms. The molecule has 0 aliphatic carbocycles. The van der Waals surface area contributed by atoms with Crippen LogP contribution in [0.15, 0.2) is 54.6 Å². The SMILES string of the molecule is CCc1ccc(-c2ccc(N3CCN(C(=O)c4cc(Cl)ccc4[N+](=O)[O-])CC3)nn2)cc1. The number of halogens is 1. The topological polar surface area (TPSA) is 92.5 Å². The molecule has 1 amide bonds. The number of carbonyl (C=O) groups is 1. The fourth-order valence-electron chi connectivity index (χ4n) is 3.71. The van der Waals surface area contributed by atoms with Crippen molar-refractivity contribution in [3.63, 3.8) is 0 Å². The van der Waals surface area contributed by atoms with Crippen LogP contribution in [0, 0.1) is 10.1 Å². The number of carbonyl (C=O) groups excluding carboxylic acids is 1. The minimum absolute atomic E-state index is 0.00851. The molecule has 2 aromatic carbocycles. The van der Waals surface area contributed by atoms with Gasteiger partial charge in [0, 0.05) is 42.8 Å². The zero-order valence-electron chi connectivity index (χ0n) is 17.6. The molecule has 0 radical (unpaired) electrons. The van der Waals surface area contributed by atoms with Crippen LogP contribution >= 0.6 is 11.6 Å². The second kappa shape index (κ2) is 9.32. The first kappa shape index (κ1) is 21.7. The van der Waals surface area contributed by atoms with Gasteiger partial charge >= 0.3 is 0 Å². The monoisotopic (exact) mass is 451 g/mol. The lowest BCUT2D eigenvalue weighted by molar-refractivity contribution is -0.385. The summed E-state index contributed by atoms with van der Waals surface area (Å²) in [7, 11) is 0. The van der Waals surface area contributed by atoms with Gasteiger partial charge in [0.25, 0.3) is 11.6 Å². The van der Waals surface area contributed by atoms with Crippen LogP contribution in [0.3, 0.4) is 0 Å². The largest absolute Gasteiger partial charge is 0.352 e. The van der Waals surface area contributed by atoms with Crippen molar-refractivity contribution >= 4 is 29.0 Å². The van der Waals surface area contributed by atoms with Gasteiger partial charge in [-0.2, -0.15) is 0 Å². The highest BCUT2D eigenvalue weighted by Gasteiger charge is 2.28. The predicted octanol–water partition coefficient (Wildman–Crippen LogP) is 4.23. The normalized spacial score (nSPS) is 13.8. The quantitative estimate of drug-likeness (QED) is 0.425. The highest BCUT2D eigenvalue weighted by molar-refractivity contribution is 6.31. The lowest BCUT2D eigenvalue weighted by atomic mass is 10.1. The van der Waals surface area contributed by atoms with E-state index in [9.17, 15) is 14.9 Å². The van der Waals surface area contributed by atoms with E-state index in [1.54, 1.807) is 4.90 Å². The van der Waals surface area contributed by atoms with Gasteiger partial charge in [-0.1, -0.05) is 42.8 Å². The number of aryl methyl sites for hydroxylation is 1. The number of nitrogens with zero attached hydrogens (tertiary/aromatic N) is 5. The highest BCUT2D eigenvalue weighted by atomic mass is 35.5. The van der Waals surface area contributed by atoms with Crippen molar-refractivity contribution in [2.45, 2.75) is 13.3 Å². The van der Waals surface area contributed by atoms with Crippen molar-refractivity contribution in [3.05, 3.63) is 80.9 Å². The molecule has 8 nitrogen and oxygen atoms in total. The van der Waals surface area contributed by atoms with Crippen LogP contribution in [-0.2, 0) is 6.42 Å². The fourth-order valence-corrected chi connectivity index (χ4v) is 3.88. The summed E-state index contributed by atoms with van der Waals surface area (Å²) in [6, 6.07) is 16.2. The van der Waals surface area contributed by atoms with Crippen molar-refractivity contribution in [2.24, 2.45) is 0 Å². The van der Waals surface area contributed by atoms with Gasteiger partial charge in [-0.05, 0) is 36.2 Å². The van der Waals surface area contributed by atoms with Gasteiger partial charge in [0.2, 0.25) is 0 Å². The summed E-state index contributed by atoms with van der Waals surface area (Å²) in [5.41, 5.74) is 2.86. The van der Waals surface area contributed by atoms with Crippen molar-refractivity contribution in [1.82, 2.24) is 15.1 Å². The van der Waals surface area contributed by atoms with Crippen molar-refractivity contribution < 1.29 is 9.72 Å². The maximum absolute atomic E-state index is 12.9. The molecule has 0 spiro atoms. The molecule has 2 heterocycles. The Balaban J connectivity index is 1.42. The second-order valence-corrected chi connectivity index (χ2v) is 7.96. The molecule has 1 aliphatic heterocycles. The number of rotatable bonds is 5. The number of nitro benzene ring substituents is 1. The minimum Gasteiger partial charge on any atom is -0.352 e. The number of aromatic nitrogens is 2. The van der Waals surface area contributed by atoms with E-state index < -0.39 is 10.8 Å². The summed E-state index contributed by atoms with van der Waals surface area (Å²) in [6.07, 6.45) is 0.990. The van der Waals surface area contributed by atoms with Crippen LogP contribution < -0.4 is 4.90 Å². The first-order chi connectivity index (χ1) is 15.5. The maximum Gasteiger partial charge on any atom is 0.282 e. The summed E-state index contributed by atoms with van der Waals surface area (Å²) in [6.45, 7) is 4.07. The Kier molecular flexibility index (Phi) is 6.32. The van der Waals surface area contributed by atoms with E-state index in [4.69, 9.17) is 11.6 Å². The average Bonchev–Trinajstić information content (AvgIpc) is 2.83. The van der Waals surface area contributed by atoms with E-state index in [0.717, 1.165) is 23.5 Å².